The maximum atomic E-state index is 13.1. The van der Waals surface area contributed by atoms with Crippen LogP contribution in [0, 0.1) is 13.8 Å². The van der Waals surface area contributed by atoms with E-state index in [1.165, 1.54) is 0 Å². The van der Waals surface area contributed by atoms with Crippen molar-refractivity contribution in [1.29, 1.82) is 0 Å². The number of amides is 1. The number of aryl methyl sites for hydroxylation is 2. The fraction of sp³-hybridized carbons (Fsp3) is 0.0870. The summed E-state index contributed by atoms with van der Waals surface area (Å²) < 4.78 is 1.76. The van der Waals surface area contributed by atoms with Gasteiger partial charge in [-0.15, -0.1) is 0 Å². The molecule has 28 heavy (non-hydrogen) atoms. The van der Waals surface area contributed by atoms with Crippen LogP contribution in [0.25, 0.3) is 16.6 Å². The van der Waals surface area contributed by atoms with Gasteiger partial charge in [-0.1, -0.05) is 23.8 Å². The highest BCUT2D eigenvalue weighted by atomic mass is 16.2. The molecule has 0 unspecified atom stereocenters. The zero-order chi connectivity index (χ0) is 19.7. The summed E-state index contributed by atoms with van der Waals surface area (Å²) in [6.45, 7) is 3.95. The van der Waals surface area contributed by atoms with Crippen molar-refractivity contribution in [1.82, 2.24) is 9.38 Å². The lowest BCUT2D eigenvalue weighted by molar-refractivity contribution is -0.112. The third-order valence-electron chi connectivity index (χ3n) is 4.63. The molecule has 0 atom stereocenters. The maximum absolute atomic E-state index is 13.1. The lowest BCUT2D eigenvalue weighted by Crippen LogP contribution is -2.24. The lowest BCUT2D eigenvalue weighted by Gasteiger charge is -2.08. The number of carbonyl (C=O) groups excluding carboxylic acids is 2. The Bertz CT molecular complexity index is 1180. The highest BCUT2D eigenvalue weighted by Gasteiger charge is 2.25. The quantitative estimate of drug-likeness (QED) is 0.427. The van der Waals surface area contributed by atoms with Gasteiger partial charge in [0.15, 0.2) is 0 Å². The average molecular weight is 369 g/mol. The van der Waals surface area contributed by atoms with Gasteiger partial charge in [0, 0.05) is 40.9 Å². The summed E-state index contributed by atoms with van der Waals surface area (Å²) in [5.74, 6) is -1.27. The third kappa shape index (κ3) is 3.30. The van der Waals surface area contributed by atoms with E-state index in [-0.39, 0.29) is 0 Å². The molecule has 0 fully saturated rings. The number of Topliss-reactive ketones (excluding diaryl/α,β-unsaturated/α-hetero) is 1. The van der Waals surface area contributed by atoms with Gasteiger partial charge in [-0.2, -0.15) is 0 Å². The van der Waals surface area contributed by atoms with Gasteiger partial charge in [0.2, 0.25) is 0 Å². The standard InChI is InChI=1S/C23H19N3O2/c1-15-5-7-18(8-6-15)25-23(28)22(27)21-20(17-4-3-10-24-14-17)13-19-12-16(2)9-11-26(19)21/h3-14H,1-2H3,(H,25,28). The number of aromatic nitrogens is 2. The molecule has 0 saturated heterocycles. The topological polar surface area (TPSA) is 63.5 Å². The second-order valence-corrected chi connectivity index (χ2v) is 6.80. The summed E-state index contributed by atoms with van der Waals surface area (Å²) in [5.41, 5.74) is 5.39. The third-order valence-corrected chi connectivity index (χ3v) is 4.63. The van der Waals surface area contributed by atoms with Crippen molar-refractivity contribution in [2.24, 2.45) is 0 Å². The smallest absolute Gasteiger partial charge is 0.298 e. The number of fused-ring (bicyclic) bond motifs is 1. The summed E-state index contributed by atoms with van der Waals surface area (Å²) >= 11 is 0. The molecule has 1 amide bonds. The van der Waals surface area contributed by atoms with Crippen LogP contribution in [0.15, 0.2) is 73.2 Å². The molecule has 5 nitrogen and oxygen atoms in total. The predicted octanol–water partition coefficient (Wildman–Crippen LogP) is 4.44. The van der Waals surface area contributed by atoms with Crippen molar-refractivity contribution in [3.63, 3.8) is 0 Å². The minimum atomic E-state index is -0.672. The van der Waals surface area contributed by atoms with Gasteiger partial charge in [-0.3, -0.25) is 14.6 Å². The van der Waals surface area contributed by atoms with E-state index in [1.807, 2.05) is 62.5 Å². The van der Waals surface area contributed by atoms with Crippen LogP contribution in [-0.4, -0.2) is 21.1 Å². The Kier molecular flexibility index (Phi) is 4.49. The molecule has 138 valence electrons. The van der Waals surface area contributed by atoms with E-state index in [4.69, 9.17) is 0 Å². The lowest BCUT2D eigenvalue weighted by atomic mass is 10.1. The van der Waals surface area contributed by atoms with Gasteiger partial charge in [0.1, 0.15) is 5.69 Å². The average Bonchev–Trinajstić information content (AvgIpc) is 3.08. The van der Waals surface area contributed by atoms with Gasteiger partial charge in [-0.05, 0) is 55.8 Å². The Labute approximate surface area is 162 Å². The highest BCUT2D eigenvalue weighted by molar-refractivity contribution is 6.47. The fourth-order valence-electron chi connectivity index (χ4n) is 3.20. The van der Waals surface area contributed by atoms with Gasteiger partial charge in [-0.25, -0.2) is 0 Å². The predicted molar refractivity (Wildman–Crippen MR) is 110 cm³/mol. The number of anilines is 1. The van der Waals surface area contributed by atoms with E-state index in [2.05, 4.69) is 10.3 Å². The van der Waals surface area contributed by atoms with Crippen molar-refractivity contribution in [3.05, 3.63) is 90.0 Å². The molecule has 0 radical (unpaired) electrons. The number of benzene rings is 1. The molecule has 1 N–H and O–H groups in total. The monoisotopic (exact) mass is 369 g/mol. The van der Waals surface area contributed by atoms with E-state index in [9.17, 15) is 9.59 Å². The van der Waals surface area contributed by atoms with Crippen molar-refractivity contribution < 1.29 is 9.59 Å². The van der Waals surface area contributed by atoms with E-state index in [1.54, 1.807) is 28.9 Å². The SMILES string of the molecule is Cc1ccc(NC(=O)C(=O)c2c(-c3cccnc3)cc3cc(C)ccn23)cc1. The van der Waals surface area contributed by atoms with Gasteiger partial charge in [0.25, 0.3) is 11.7 Å². The molecule has 0 aliphatic rings. The number of rotatable bonds is 4. The number of nitrogens with zero attached hydrogens (tertiary/aromatic N) is 2. The number of nitrogens with one attached hydrogen (secondary N) is 1. The molecular weight excluding hydrogens is 350 g/mol. The summed E-state index contributed by atoms with van der Waals surface area (Å²) in [6, 6.07) is 16.8. The molecule has 3 aromatic heterocycles. The van der Waals surface area contributed by atoms with Crippen LogP contribution in [0.4, 0.5) is 5.69 Å². The number of hydrogen-bond acceptors (Lipinski definition) is 3. The Balaban J connectivity index is 1.78. The van der Waals surface area contributed by atoms with E-state index >= 15 is 0 Å². The van der Waals surface area contributed by atoms with E-state index in [0.29, 0.717) is 16.9 Å². The summed E-state index contributed by atoms with van der Waals surface area (Å²) in [6.07, 6.45) is 5.18. The number of pyridine rings is 2. The molecular formula is C23H19N3O2. The summed E-state index contributed by atoms with van der Waals surface area (Å²) in [4.78, 5) is 30.0. The van der Waals surface area contributed by atoms with Crippen LogP contribution >= 0.6 is 0 Å². The van der Waals surface area contributed by atoms with Gasteiger partial charge < -0.3 is 9.72 Å². The van der Waals surface area contributed by atoms with E-state index < -0.39 is 11.7 Å². The van der Waals surface area contributed by atoms with Crippen molar-refractivity contribution >= 4 is 22.9 Å². The van der Waals surface area contributed by atoms with Crippen LogP contribution in [0.5, 0.6) is 0 Å². The molecule has 0 aliphatic heterocycles. The number of ketones is 1. The normalized spacial score (nSPS) is 10.8. The second-order valence-electron chi connectivity index (χ2n) is 6.80. The number of carbonyl (C=O) groups is 2. The minimum absolute atomic E-state index is 0.326. The first kappa shape index (κ1) is 17.7. The molecule has 0 spiro atoms. The Hall–Kier alpha value is -3.73. The first-order valence-electron chi connectivity index (χ1n) is 8.97. The first-order valence-corrected chi connectivity index (χ1v) is 8.97. The fourth-order valence-corrected chi connectivity index (χ4v) is 3.20. The van der Waals surface area contributed by atoms with Crippen LogP contribution < -0.4 is 5.32 Å². The van der Waals surface area contributed by atoms with Crippen LogP contribution in [0.1, 0.15) is 21.6 Å². The Morgan fingerprint density at radius 2 is 1.75 bits per heavy atom. The summed E-state index contributed by atoms with van der Waals surface area (Å²) in [7, 11) is 0. The molecule has 0 saturated carbocycles. The molecule has 1 aromatic carbocycles. The highest BCUT2D eigenvalue weighted by Crippen LogP contribution is 2.28. The van der Waals surface area contributed by atoms with Crippen molar-refractivity contribution in [3.8, 4) is 11.1 Å². The molecule has 0 bridgehead atoms. The van der Waals surface area contributed by atoms with Gasteiger partial charge in [0.05, 0.1) is 0 Å². The van der Waals surface area contributed by atoms with E-state index in [0.717, 1.165) is 22.2 Å². The van der Waals surface area contributed by atoms with Gasteiger partial charge >= 0.3 is 0 Å². The molecule has 4 aromatic rings. The molecule has 4 rings (SSSR count). The van der Waals surface area contributed by atoms with Crippen molar-refractivity contribution in [2.75, 3.05) is 5.32 Å². The maximum Gasteiger partial charge on any atom is 0.298 e. The molecule has 5 heteroatoms. The second kappa shape index (κ2) is 7.12. The largest absolute Gasteiger partial charge is 0.319 e. The Morgan fingerprint density at radius 3 is 2.46 bits per heavy atom. The zero-order valence-electron chi connectivity index (χ0n) is 15.6. The first-order chi connectivity index (χ1) is 13.5. The minimum Gasteiger partial charge on any atom is -0.319 e. The molecule has 3 heterocycles. The number of hydrogen-bond donors (Lipinski definition) is 1. The van der Waals surface area contributed by atoms with Crippen molar-refractivity contribution in [2.45, 2.75) is 13.8 Å². The molecule has 0 aliphatic carbocycles. The van der Waals surface area contributed by atoms with Crippen LogP contribution in [0.3, 0.4) is 0 Å². The zero-order valence-corrected chi connectivity index (χ0v) is 15.6. The van der Waals surface area contributed by atoms with Crippen LogP contribution in [-0.2, 0) is 4.79 Å². The Morgan fingerprint density at radius 1 is 0.964 bits per heavy atom. The van der Waals surface area contributed by atoms with Crippen LogP contribution in [0.2, 0.25) is 0 Å². The summed E-state index contributed by atoms with van der Waals surface area (Å²) in [5, 5.41) is 2.69.